The summed E-state index contributed by atoms with van der Waals surface area (Å²) in [5.41, 5.74) is 2.46. The van der Waals surface area contributed by atoms with Crippen LogP contribution in [0.25, 0.3) is 0 Å². The van der Waals surface area contributed by atoms with Crippen LogP contribution in [0.2, 0.25) is 0 Å². The molecule has 106 valence electrons. The van der Waals surface area contributed by atoms with E-state index < -0.39 is 0 Å². The maximum absolute atomic E-state index is 5.26. The van der Waals surface area contributed by atoms with Crippen LogP contribution in [0.15, 0.2) is 47.2 Å². The number of methoxy groups -OCH3 is 1. The van der Waals surface area contributed by atoms with Crippen LogP contribution in [-0.2, 0) is 0 Å². The van der Waals surface area contributed by atoms with Crippen LogP contribution >= 0.6 is 15.9 Å². The largest absolute Gasteiger partial charge is 0.496 e. The van der Waals surface area contributed by atoms with Gasteiger partial charge < -0.3 is 10.1 Å². The van der Waals surface area contributed by atoms with Gasteiger partial charge in [0.1, 0.15) is 5.75 Å². The van der Waals surface area contributed by atoms with Gasteiger partial charge in [0, 0.05) is 24.5 Å². The van der Waals surface area contributed by atoms with Gasteiger partial charge in [0.25, 0.3) is 0 Å². The molecule has 0 amide bonds. The number of nitrogens with zero attached hydrogens (tertiary/aromatic N) is 1. The molecular weight excluding hydrogens is 316 g/mol. The van der Waals surface area contributed by atoms with Crippen molar-refractivity contribution in [3.8, 4) is 5.75 Å². The molecular formula is C16H19BrN2O. The van der Waals surface area contributed by atoms with Gasteiger partial charge in [-0.15, -0.1) is 0 Å². The van der Waals surface area contributed by atoms with E-state index in [1.54, 1.807) is 7.11 Å². The molecule has 0 bridgehead atoms. The van der Waals surface area contributed by atoms with Gasteiger partial charge in [-0.3, -0.25) is 4.98 Å². The average Bonchev–Trinajstić information content (AvgIpc) is 2.48. The van der Waals surface area contributed by atoms with E-state index in [0.717, 1.165) is 10.2 Å². The van der Waals surface area contributed by atoms with E-state index in [2.05, 4.69) is 52.2 Å². The van der Waals surface area contributed by atoms with Gasteiger partial charge in [-0.05, 0) is 65.2 Å². The Hall–Kier alpha value is -1.39. The third-order valence-corrected chi connectivity index (χ3v) is 4.00. The number of hydrogen-bond acceptors (Lipinski definition) is 3. The van der Waals surface area contributed by atoms with Crippen molar-refractivity contribution in [3.63, 3.8) is 0 Å². The molecule has 4 heteroatoms. The molecule has 1 N–H and O–H groups in total. The Kier molecular flexibility index (Phi) is 5.15. The number of benzene rings is 1. The minimum absolute atomic E-state index is 0.250. The third-order valence-electron chi connectivity index (χ3n) is 3.38. The van der Waals surface area contributed by atoms with Gasteiger partial charge in [0.05, 0.1) is 11.6 Å². The predicted octanol–water partition coefficient (Wildman–Crippen LogP) is 4.26. The Morgan fingerprint density at radius 2 is 1.70 bits per heavy atom. The number of rotatable bonds is 5. The smallest absolute Gasteiger partial charge is 0.133 e. The molecule has 0 aliphatic carbocycles. The topological polar surface area (TPSA) is 34.1 Å². The molecule has 1 aromatic carbocycles. The van der Waals surface area contributed by atoms with E-state index in [1.165, 1.54) is 11.1 Å². The first kappa shape index (κ1) is 15.0. The number of aromatic nitrogens is 1. The number of pyridine rings is 1. The van der Waals surface area contributed by atoms with Crippen molar-refractivity contribution in [3.05, 3.63) is 58.3 Å². The molecule has 2 rings (SSSR count). The first-order valence-electron chi connectivity index (χ1n) is 6.61. The summed E-state index contributed by atoms with van der Waals surface area (Å²) in [4.78, 5) is 4.05. The Morgan fingerprint density at radius 3 is 2.30 bits per heavy atom. The summed E-state index contributed by atoms with van der Waals surface area (Å²) < 4.78 is 6.23. The van der Waals surface area contributed by atoms with Crippen LogP contribution in [0.3, 0.4) is 0 Å². The van der Waals surface area contributed by atoms with Crippen molar-refractivity contribution < 1.29 is 4.74 Å². The lowest BCUT2D eigenvalue weighted by molar-refractivity contribution is 0.411. The molecule has 0 spiro atoms. The van der Waals surface area contributed by atoms with Gasteiger partial charge in [-0.25, -0.2) is 0 Å². The Morgan fingerprint density at radius 1 is 1.05 bits per heavy atom. The third kappa shape index (κ3) is 3.58. The molecule has 1 aromatic heterocycles. The fourth-order valence-corrected chi connectivity index (χ4v) is 2.73. The number of halogens is 1. The monoisotopic (exact) mass is 334 g/mol. The minimum atomic E-state index is 0.250. The maximum Gasteiger partial charge on any atom is 0.133 e. The van der Waals surface area contributed by atoms with E-state index in [0.29, 0.717) is 0 Å². The molecule has 1 unspecified atom stereocenters. The number of ether oxygens (including phenoxy) is 1. The molecule has 1 heterocycles. The summed E-state index contributed by atoms with van der Waals surface area (Å²) in [6.07, 6.45) is 3.64. The Balaban J connectivity index is 2.08. The van der Waals surface area contributed by atoms with Gasteiger partial charge >= 0.3 is 0 Å². The highest BCUT2D eigenvalue weighted by Gasteiger charge is 2.12. The predicted molar refractivity (Wildman–Crippen MR) is 84.9 cm³/mol. The highest BCUT2D eigenvalue weighted by atomic mass is 79.9. The highest BCUT2D eigenvalue weighted by Crippen LogP contribution is 2.28. The van der Waals surface area contributed by atoms with Crippen LogP contribution < -0.4 is 10.1 Å². The fraction of sp³-hybridized carbons (Fsp3) is 0.312. The second kappa shape index (κ2) is 6.86. The fourth-order valence-electron chi connectivity index (χ4n) is 2.17. The van der Waals surface area contributed by atoms with Crippen LogP contribution in [-0.4, -0.2) is 12.1 Å². The molecule has 0 radical (unpaired) electrons. The SMILES string of the molecule is COc1ccc(C(C)N[C@H](C)c2ccncc2)cc1Br. The van der Waals surface area contributed by atoms with Crippen molar-refractivity contribution in [2.75, 3.05) is 7.11 Å². The summed E-state index contributed by atoms with van der Waals surface area (Å²) in [7, 11) is 1.67. The quantitative estimate of drug-likeness (QED) is 0.886. The molecule has 2 atom stereocenters. The zero-order chi connectivity index (χ0) is 14.5. The first-order valence-corrected chi connectivity index (χ1v) is 7.40. The second-order valence-corrected chi connectivity index (χ2v) is 5.64. The van der Waals surface area contributed by atoms with E-state index in [9.17, 15) is 0 Å². The molecule has 2 aromatic rings. The van der Waals surface area contributed by atoms with Crippen LogP contribution in [0.1, 0.15) is 37.1 Å². The molecule has 3 nitrogen and oxygen atoms in total. The van der Waals surface area contributed by atoms with Gasteiger partial charge in [0.15, 0.2) is 0 Å². The second-order valence-electron chi connectivity index (χ2n) is 4.78. The molecule has 0 aliphatic rings. The zero-order valence-electron chi connectivity index (χ0n) is 11.9. The lowest BCUT2D eigenvalue weighted by atomic mass is 10.0. The maximum atomic E-state index is 5.26. The molecule has 20 heavy (non-hydrogen) atoms. The lowest BCUT2D eigenvalue weighted by Gasteiger charge is -2.21. The Bertz CT molecular complexity index is 560. The molecule has 0 aliphatic heterocycles. The van der Waals surface area contributed by atoms with Crippen molar-refractivity contribution in [2.24, 2.45) is 0 Å². The highest BCUT2D eigenvalue weighted by molar-refractivity contribution is 9.10. The van der Waals surface area contributed by atoms with Crippen LogP contribution in [0.4, 0.5) is 0 Å². The van der Waals surface area contributed by atoms with E-state index in [1.807, 2.05) is 30.6 Å². The van der Waals surface area contributed by atoms with E-state index >= 15 is 0 Å². The lowest BCUT2D eigenvalue weighted by Crippen LogP contribution is -2.22. The summed E-state index contributed by atoms with van der Waals surface area (Å²) >= 11 is 3.53. The van der Waals surface area contributed by atoms with Crippen molar-refractivity contribution in [2.45, 2.75) is 25.9 Å². The van der Waals surface area contributed by atoms with Crippen molar-refractivity contribution in [1.29, 1.82) is 0 Å². The van der Waals surface area contributed by atoms with Crippen molar-refractivity contribution in [1.82, 2.24) is 10.3 Å². The van der Waals surface area contributed by atoms with E-state index in [4.69, 9.17) is 4.74 Å². The van der Waals surface area contributed by atoms with Crippen molar-refractivity contribution >= 4 is 15.9 Å². The summed E-state index contributed by atoms with van der Waals surface area (Å²) in [6.45, 7) is 4.32. The van der Waals surface area contributed by atoms with Crippen LogP contribution in [0, 0.1) is 0 Å². The molecule has 0 fully saturated rings. The molecule has 0 saturated carbocycles. The standard InChI is InChI=1S/C16H19BrN2O/c1-11(13-6-8-18-9-7-13)19-12(2)14-4-5-16(20-3)15(17)10-14/h4-12,19H,1-3H3/t11-,12?/m1/s1. The summed E-state index contributed by atoms with van der Waals surface area (Å²) in [5, 5.41) is 3.59. The van der Waals surface area contributed by atoms with E-state index in [-0.39, 0.29) is 12.1 Å². The normalized spacial score (nSPS) is 13.8. The zero-order valence-corrected chi connectivity index (χ0v) is 13.5. The van der Waals surface area contributed by atoms with Crippen LogP contribution in [0.5, 0.6) is 5.75 Å². The summed E-state index contributed by atoms with van der Waals surface area (Å²) in [6, 6.07) is 10.8. The van der Waals surface area contributed by atoms with Gasteiger partial charge in [0.2, 0.25) is 0 Å². The van der Waals surface area contributed by atoms with Gasteiger partial charge in [-0.1, -0.05) is 6.07 Å². The van der Waals surface area contributed by atoms with Gasteiger partial charge in [-0.2, -0.15) is 0 Å². The Labute approximate surface area is 128 Å². The number of nitrogens with one attached hydrogen (secondary N) is 1. The molecule has 0 saturated heterocycles. The first-order chi connectivity index (χ1) is 9.61. The number of hydrogen-bond donors (Lipinski definition) is 1. The minimum Gasteiger partial charge on any atom is -0.496 e. The average molecular weight is 335 g/mol. The summed E-state index contributed by atoms with van der Waals surface area (Å²) in [5.74, 6) is 0.850.